The van der Waals surface area contributed by atoms with E-state index >= 15 is 0 Å². The average molecular weight is 333 g/mol. The largest absolute Gasteiger partial charge is 0.492 e. The topological polar surface area (TPSA) is 54.9 Å². The molecular weight excluding hydrogens is 302 g/mol. The third-order valence-corrected chi connectivity index (χ3v) is 4.76. The van der Waals surface area contributed by atoms with Crippen LogP contribution in [0.1, 0.15) is 31.2 Å². The summed E-state index contributed by atoms with van der Waals surface area (Å²) >= 11 is 0. The highest BCUT2D eigenvalue weighted by Crippen LogP contribution is 2.43. The zero-order valence-electron chi connectivity index (χ0n) is 15.2. The molecule has 5 nitrogen and oxygen atoms in total. The zero-order chi connectivity index (χ0) is 17.3. The summed E-state index contributed by atoms with van der Waals surface area (Å²) in [5.74, 6) is 1.75. The number of nitrogens with zero attached hydrogens (tertiary/aromatic N) is 1. The number of hydrogen-bond donors (Lipinski definition) is 2. The van der Waals surface area contributed by atoms with E-state index < -0.39 is 0 Å². The first-order valence-corrected chi connectivity index (χ1v) is 8.80. The molecule has 0 atom stereocenters. The van der Waals surface area contributed by atoms with Crippen molar-refractivity contribution in [2.24, 2.45) is 10.4 Å². The van der Waals surface area contributed by atoms with E-state index in [9.17, 15) is 0 Å². The van der Waals surface area contributed by atoms with Crippen LogP contribution in [-0.2, 0) is 4.74 Å². The summed E-state index contributed by atoms with van der Waals surface area (Å²) in [5.41, 5.74) is 1.59. The Balaban J connectivity index is 1.67. The molecule has 2 N–H and O–H groups in total. The van der Waals surface area contributed by atoms with Gasteiger partial charge in [-0.25, -0.2) is 0 Å². The Kier molecular flexibility index (Phi) is 7.37. The fraction of sp³-hybridized carbons (Fsp3) is 0.632. The van der Waals surface area contributed by atoms with Gasteiger partial charge in [0.2, 0.25) is 0 Å². The fourth-order valence-electron chi connectivity index (χ4n) is 3.05. The molecule has 0 amide bonds. The number of ether oxygens (including phenoxy) is 2. The Morgan fingerprint density at radius 3 is 2.71 bits per heavy atom. The Hall–Kier alpha value is -1.75. The van der Waals surface area contributed by atoms with E-state index in [0.29, 0.717) is 12.0 Å². The maximum atomic E-state index is 5.75. The van der Waals surface area contributed by atoms with Crippen molar-refractivity contribution < 1.29 is 9.47 Å². The van der Waals surface area contributed by atoms with Gasteiger partial charge in [0.05, 0.1) is 6.54 Å². The third-order valence-electron chi connectivity index (χ3n) is 4.76. The van der Waals surface area contributed by atoms with Gasteiger partial charge < -0.3 is 20.1 Å². The third kappa shape index (κ3) is 5.71. The zero-order valence-corrected chi connectivity index (χ0v) is 15.2. The number of methoxy groups -OCH3 is 1. The summed E-state index contributed by atoms with van der Waals surface area (Å²) in [6.07, 6.45) is 4.99. The summed E-state index contributed by atoms with van der Waals surface area (Å²) in [7, 11) is 3.58. The number of rotatable bonds is 9. The van der Waals surface area contributed by atoms with Gasteiger partial charge in [-0.2, -0.15) is 0 Å². The van der Waals surface area contributed by atoms with Gasteiger partial charge in [-0.15, -0.1) is 0 Å². The second kappa shape index (κ2) is 9.52. The molecule has 0 aromatic heterocycles. The van der Waals surface area contributed by atoms with Crippen LogP contribution in [0.4, 0.5) is 0 Å². The smallest absolute Gasteiger partial charge is 0.191 e. The standard InChI is InChI=1S/C19H31N3O2/c1-16-6-4-7-17(14-16)24-13-11-21-18(20-2)22-15-19(8-5-9-19)10-12-23-3/h4,6-7,14H,5,8-13,15H2,1-3H3,(H2,20,21,22). The van der Waals surface area contributed by atoms with E-state index in [1.165, 1.54) is 24.8 Å². The Morgan fingerprint density at radius 2 is 2.08 bits per heavy atom. The summed E-state index contributed by atoms with van der Waals surface area (Å²) < 4.78 is 11.0. The van der Waals surface area contributed by atoms with Gasteiger partial charge in [0.15, 0.2) is 5.96 Å². The van der Waals surface area contributed by atoms with Crippen molar-refractivity contribution in [3.63, 3.8) is 0 Å². The highest BCUT2D eigenvalue weighted by atomic mass is 16.5. The van der Waals surface area contributed by atoms with Gasteiger partial charge in [0.1, 0.15) is 12.4 Å². The van der Waals surface area contributed by atoms with Crippen molar-refractivity contribution in [1.29, 1.82) is 0 Å². The summed E-state index contributed by atoms with van der Waals surface area (Å²) in [4.78, 5) is 4.30. The average Bonchev–Trinajstić information content (AvgIpc) is 2.55. The minimum absolute atomic E-state index is 0.381. The highest BCUT2D eigenvalue weighted by molar-refractivity contribution is 5.79. The van der Waals surface area contributed by atoms with Crippen molar-refractivity contribution in [2.45, 2.75) is 32.6 Å². The predicted octanol–water partition coefficient (Wildman–Crippen LogP) is 2.75. The maximum Gasteiger partial charge on any atom is 0.191 e. The van der Waals surface area contributed by atoms with Crippen LogP contribution in [0.25, 0.3) is 0 Å². The Labute approximate surface area is 145 Å². The second-order valence-electron chi connectivity index (χ2n) is 6.61. The molecule has 0 radical (unpaired) electrons. The van der Waals surface area contributed by atoms with E-state index in [-0.39, 0.29) is 0 Å². The van der Waals surface area contributed by atoms with Crippen molar-refractivity contribution in [2.75, 3.05) is 40.5 Å². The lowest BCUT2D eigenvalue weighted by molar-refractivity contribution is 0.0732. The first-order chi connectivity index (χ1) is 11.7. The number of aryl methyl sites for hydroxylation is 1. The molecule has 0 heterocycles. The lowest BCUT2D eigenvalue weighted by Crippen LogP contribution is -2.47. The van der Waals surface area contributed by atoms with Gasteiger partial charge in [-0.1, -0.05) is 18.6 Å². The molecule has 0 saturated heterocycles. The predicted molar refractivity (Wildman–Crippen MR) is 98.8 cm³/mol. The van der Waals surface area contributed by atoms with E-state index in [1.807, 2.05) is 18.2 Å². The Morgan fingerprint density at radius 1 is 1.25 bits per heavy atom. The summed E-state index contributed by atoms with van der Waals surface area (Å²) in [5, 5.41) is 6.77. The second-order valence-corrected chi connectivity index (χ2v) is 6.61. The number of nitrogens with one attached hydrogen (secondary N) is 2. The van der Waals surface area contributed by atoms with E-state index in [0.717, 1.165) is 37.8 Å². The monoisotopic (exact) mass is 333 g/mol. The van der Waals surface area contributed by atoms with Crippen LogP contribution < -0.4 is 15.4 Å². The SMILES string of the molecule is CN=C(NCCOc1cccc(C)c1)NCC1(CCOC)CCC1. The molecular formula is C19H31N3O2. The minimum Gasteiger partial charge on any atom is -0.492 e. The van der Waals surface area contributed by atoms with Crippen LogP contribution in [0.3, 0.4) is 0 Å². The van der Waals surface area contributed by atoms with Crippen molar-refractivity contribution >= 4 is 5.96 Å². The molecule has 5 heteroatoms. The number of hydrogen-bond acceptors (Lipinski definition) is 3. The summed E-state index contributed by atoms with van der Waals surface area (Å²) in [6.45, 7) is 5.18. The van der Waals surface area contributed by atoms with Gasteiger partial charge in [0.25, 0.3) is 0 Å². The van der Waals surface area contributed by atoms with Crippen molar-refractivity contribution in [3.8, 4) is 5.75 Å². The van der Waals surface area contributed by atoms with Gasteiger partial charge in [-0.3, -0.25) is 4.99 Å². The minimum atomic E-state index is 0.381. The molecule has 0 unspecified atom stereocenters. The van der Waals surface area contributed by atoms with Crippen LogP contribution >= 0.6 is 0 Å². The lowest BCUT2D eigenvalue weighted by atomic mass is 9.67. The van der Waals surface area contributed by atoms with Crippen LogP contribution in [0.5, 0.6) is 5.75 Å². The molecule has 1 aliphatic rings. The van der Waals surface area contributed by atoms with E-state index in [1.54, 1.807) is 14.2 Å². The van der Waals surface area contributed by atoms with Crippen LogP contribution in [-0.4, -0.2) is 46.4 Å². The summed E-state index contributed by atoms with van der Waals surface area (Å²) in [6, 6.07) is 8.10. The van der Waals surface area contributed by atoms with Crippen molar-refractivity contribution in [3.05, 3.63) is 29.8 Å². The van der Waals surface area contributed by atoms with Gasteiger partial charge >= 0.3 is 0 Å². The van der Waals surface area contributed by atoms with Crippen molar-refractivity contribution in [1.82, 2.24) is 10.6 Å². The molecule has 1 aromatic rings. The Bertz CT molecular complexity index is 527. The molecule has 0 spiro atoms. The molecule has 24 heavy (non-hydrogen) atoms. The molecule has 134 valence electrons. The number of benzene rings is 1. The van der Waals surface area contributed by atoms with E-state index in [2.05, 4.69) is 28.6 Å². The fourth-order valence-corrected chi connectivity index (χ4v) is 3.05. The number of guanidine groups is 1. The van der Waals surface area contributed by atoms with Crippen LogP contribution in [0.15, 0.2) is 29.3 Å². The normalized spacial score (nSPS) is 16.4. The molecule has 1 aliphatic carbocycles. The molecule has 0 aliphatic heterocycles. The lowest BCUT2D eigenvalue weighted by Gasteiger charge is -2.42. The highest BCUT2D eigenvalue weighted by Gasteiger charge is 2.36. The number of aliphatic imine (C=N–C) groups is 1. The van der Waals surface area contributed by atoms with Gasteiger partial charge in [-0.05, 0) is 49.3 Å². The molecule has 0 bridgehead atoms. The van der Waals surface area contributed by atoms with Crippen LogP contribution in [0.2, 0.25) is 0 Å². The molecule has 2 rings (SSSR count). The maximum absolute atomic E-state index is 5.75. The molecule has 1 fully saturated rings. The van der Waals surface area contributed by atoms with E-state index in [4.69, 9.17) is 9.47 Å². The molecule has 1 aromatic carbocycles. The quantitative estimate of drug-likeness (QED) is 0.414. The molecule has 1 saturated carbocycles. The van der Waals surface area contributed by atoms with Crippen LogP contribution in [0, 0.1) is 12.3 Å². The van der Waals surface area contributed by atoms with Gasteiger partial charge in [0, 0.05) is 27.3 Å². The first-order valence-electron chi connectivity index (χ1n) is 8.80. The first kappa shape index (κ1) is 18.6.